The highest BCUT2D eigenvalue weighted by Gasteiger charge is 2.39. The van der Waals surface area contributed by atoms with Gasteiger partial charge >= 0.3 is 0 Å². The van der Waals surface area contributed by atoms with Crippen LogP contribution in [0.1, 0.15) is 27.9 Å². The van der Waals surface area contributed by atoms with Gasteiger partial charge in [0.1, 0.15) is 29.7 Å². The molecule has 0 fully saturated rings. The zero-order valence-corrected chi connectivity index (χ0v) is 19.1. The maximum absolute atomic E-state index is 12.5. The highest BCUT2D eigenvalue weighted by molar-refractivity contribution is 5.96. The fourth-order valence-electron chi connectivity index (χ4n) is 4.87. The van der Waals surface area contributed by atoms with Crippen molar-refractivity contribution in [1.82, 2.24) is 4.98 Å². The molecule has 0 aliphatic carbocycles. The molecule has 6 nitrogen and oxygen atoms in total. The van der Waals surface area contributed by atoms with E-state index in [1.165, 1.54) is 0 Å². The van der Waals surface area contributed by atoms with E-state index in [1.807, 2.05) is 36.4 Å². The smallest absolute Gasteiger partial charge is 0.142 e. The van der Waals surface area contributed by atoms with E-state index < -0.39 is 5.60 Å². The summed E-state index contributed by atoms with van der Waals surface area (Å²) < 4.78 is 6.10. The molecule has 170 valence electrons. The highest BCUT2D eigenvalue weighted by Crippen LogP contribution is 2.43. The lowest BCUT2D eigenvalue weighted by Gasteiger charge is -2.32. The van der Waals surface area contributed by atoms with Gasteiger partial charge in [0.2, 0.25) is 0 Å². The lowest BCUT2D eigenvalue weighted by molar-refractivity contribution is 0.124. The Labute approximate surface area is 207 Å². The van der Waals surface area contributed by atoms with Gasteiger partial charge in [-0.3, -0.25) is 4.99 Å². The lowest BCUT2D eigenvalue weighted by atomic mass is 9.77. The van der Waals surface area contributed by atoms with Gasteiger partial charge in [-0.05, 0) is 70.3 Å². The number of aliphatic hydroxyl groups is 1. The summed E-state index contributed by atoms with van der Waals surface area (Å²) in [6.07, 6.45) is 3.22. The number of hydrogen-bond acceptors (Lipinski definition) is 6. The van der Waals surface area contributed by atoms with Crippen molar-refractivity contribution in [2.24, 2.45) is 4.99 Å². The zero-order valence-electron chi connectivity index (χ0n) is 19.1. The Balaban J connectivity index is 1.73. The van der Waals surface area contributed by atoms with Crippen LogP contribution in [0.25, 0.3) is 22.0 Å². The van der Waals surface area contributed by atoms with Gasteiger partial charge in [0.25, 0.3) is 0 Å². The van der Waals surface area contributed by atoms with Crippen LogP contribution in [-0.4, -0.2) is 16.3 Å². The minimum Gasteiger partial charge on any atom is -0.489 e. The van der Waals surface area contributed by atoms with Gasteiger partial charge in [-0.25, -0.2) is 4.98 Å². The normalized spacial score (nSPS) is 17.9. The third-order valence-corrected chi connectivity index (χ3v) is 6.69. The van der Waals surface area contributed by atoms with Crippen molar-refractivity contribution in [3.05, 3.63) is 119 Å². The number of aromatic nitrogens is 1. The number of nitriles is 2. The summed E-state index contributed by atoms with van der Waals surface area (Å²) >= 11 is 0. The number of rotatable bonds is 1. The Morgan fingerprint density at radius 2 is 1.81 bits per heavy atom. The van der Waals surface area contributed by atoms with E-state index in [-0.39, 0.29) is 6.61 Å². The number of nitrogens with zero attached hydrogens (tertiary/aromatic N) is 4. The molecule has 3 heterocycles. The molecule has 0 amide bonds. The van der Waals surface area contributed by atoms with Gasteiger partial charge < -0.3 is 9.84 Å². The summed E-state index contributed by atoms with van der Waals surface area (Å²) in [6, 6.07) is 24.4. The van der Waals surface area contributed by atoms with Crippen molar-refractivity contribution >= 4 is 17.1 Å². The molecule has 2 aliphatic rings. The van der Waals surface area contributed by atoms with Gasteiger partial charge in [-0.2, -0.15) is 10.5 Å². The van der Waals surface area contributed by atoms with E-state index in [2.05, 4.69) is 28.7 Å². The molecule has 36 heavy (non-hydrogen) atoms. The second-order valence-electron chi connectivity index (χ2n) is 8.76. The van der Waals surface area contributed by atoms with Crippen LogP contribution in [0.4, 0.5) is 0 Å². The topological polar surface area (TPSA) is 102 Å². The summed E-state index contributed by atoms with van der Waals surface area (Å²) in [5.41, 5.74) is 4.35. The van der Waals surface area contributed by atoms with Crippen molar-refractivity contribution < 1.29 is 9.84 Å². The number of benzene rings is 3. The van der Waals surface area contributed by atoms with Crippen LogP contribution >= 0.6 is 0 Å². The van der Waals surface area contributed by atoms with Crippen LogP contribution in [0, 0.1) is 22.7 Å². The number of hydrogen-bond donors (Lipinski definition) is 1. The Bertz CT molecular complexity index is 1750. The molecule has 1 atom stereocenters. The predicted octanol–water partition coefficient (Wildman–Crippen LogP) is 5.30. The van der Waals surface area contributed by atoms with Gasteiger partial charge in [-0.15, -0.1) is 0 Å². The van der Waals surface area contributed by atoms with Crippen molar-refractivity contribution in [2.45, 2.75) is 12.2 Å². The monoisotopic (exact) mass is 466 g/mol. The molecule has 6 heteroatoms. The van der Waals surface area contributed by atoms with E-state index in [9.17, 15) is 15.6 Å². The summed E-state index contributed by atoms with van der Waals surface area (Å²) in [7, 11) is 0. The van der Waals surface area contributed by atoms with Crippen molar-refractivity contribution in [2.75, 3.05) is 0 Å². The Kier molecular flexibility index (Phi) is 4.79. The third kappa shape index (κ3) is 3.21. The second kappa shape index (κ2) is 8.02. The molecule has 1 unspecified atom stereocenters. The quantitative estimate of drug-likeness (QED) is 0.410. The minimum absolute atomic E-state index is 0.138. The van der Waals surface area contributed by atoms with E-state index in [4.69, 9.17) is 4.74 Å². The molecule has 6 bridgehead atoms. The lowest BCUT2D eigenvalue weighted by Crippen LogP contribution is -2.30. The molecule has 0 radical (unpaired) electrons. The second-order valence-corrected chi connectivity index (χ2v) is 8.76. The van der Waals surface area contributed by atoms with Gasteiger partial charge in [0.15, 0.2) is 0 Å². The van der Waals surface area contributed by atoms with Crippen molar-refractivity contribution in [3.63, 3.8) is 0 Å². The van der Waals surface area contributed by atoms with Gasteiger partial charge in [0, 0.05) is 28.9 Å². The third-order valence-electron chi connectivity index (χ3n) is 6.69. The maximum Gasteiger partial charge on any atom is 0.142 e. The van der Waals surface area contributed by atoms with E-state index in [0.29, 0.717) is 50.4 Å². The van der Waals surface area contributed by atoms with E-state index in [0.717, 1.165) is 16.5 Å². The first-order valence-electron chi connectivity index (χ1n) is 11.3. The van der Waals surface area contributed by atoms with Crippen molar-refractivity contribution in [1.29, 1.82) is 10.5 Å². The molecule has 1 aromatic heterocycles. The van der Waals surface area contributed by atoms with Crippen molar-refractivity contribution in [3.8, 4) is 29.0 Å². The van der Waals surface area contributed by atoms with Crippen LogP contribution in [0.3, 0.4) is 0 Å². The summed E-state index contributed by atoms with van der Waals surface area (Å²) in [5.74, 6) is 0.621. The number of ether oxygens (including phenoxy) is 1. The number of pyridine rings is 1. The average molecular weight is 467 g/mol. The van der Waals surface area contributed by atoms with Crippen LogP contribution < -0.4 is 4.74 Å². The number of aliphatic imine (C=N–C) groups is 1. The van der Waals surface area contributed by atoms with E-state index >= 15 is 0 Å². The zero-order chi connectivity index (χ0) is 24.9. The number of fused-ring (bicyclic) bond motifs is 6. The average Bonchev–Trinajstić information content (AvgIpc) is 3.36. The molecule has 0 saturated carbocycles. The van der Waals surface area contributed by atoms with Crippen LogP contribution in [-0.2, 0) is 12.2 Å². The molecule has 3 aromatic carbocycles. The van der Waals surface area contributed by atoms with Crippen LogP contribution in [0.15, 0.2) is 95.6 Å². The molecule has 4 aromatic rings. The summed E-state index contributed by atoms with van der Waals surface area (Å²) in [5, 5.41) is 32.6. The van der Waals surface area contributed by atoms with Gasteiger partial charge in [0.05, 0.1) is 17.1 Å². The van der Waals surface area contributed by atoms with Crippen LogP contribution in [0.2, 0.25) is 0 Å². The fourth-order valence-corrected chi connectivity index (χ4v) is 4.87. The van der Waals surface area contributed by atoms with Gasteiger partial charge in [-0.1, -0.05) is 30.8 Å². The first kappa shape index (κ1) is 21.5. The molecular formula is C30H18N4O2. The fraction of sp³-hybridized carbons (Fsp3) is 0.0667. The SMILES string of the molecule is C=C1C=NC=C1C1(O)c2ccc(C#N)c(c2)COc2cccc(c2)-c2cc(C#N)nc3ccc1cc23. The highest BCUT2D eigenvalue weighted by atomic mass is 16.5. The summed E-state index contributed by atoms with van der Waals surface area (Å²) in [4.78, 5) is 8.73. The molecule has 0 spiro atoms. The largest absolute Gasteiger partial charge is 0.489 e. The van der Waals surface area contributed by atoms with E-state index in [1.54, 1.807) is 42.7 Å². The molecule has 2 aliphatic heterocycles. The molecular weight excluding hydrogens is 448 g/mol. The first-order chi connectivity index (χ1) is 17.5. The maximum atomic E-state index is 12.5. The first-order valence-corrected chi connectivity index (χ1v) is 11.3. The Morgan fingerprint density at radius 3 is 2.58 bits per heavy atom. The Morgan fingerprint density at radius 1 is 0.972 bits per heavy atom. The van der Waals surface area contributed by atoms with Crippen LogP contribution in [0.5, 0.6) is 5.75 Å². The summed E-state index contributed by atoms with van der Waals surface area (Å²) in [6.45, 7) is 4.23. The predicted molar refractivity (Wildman–Crippen MR) is 136 cm³/mol. The minimum atomic E-state index is -1.61. The Hall–Kier alpha value is -5.04. The standard InChI is InChI=1S/C30H18N4O2/c1-18-15-33-16-28(18)30(35)22-6-5-20(13-31)21(9-22)17-36-25-4-2-3-19(10-25)26-12-24(14-32)34-29-8-7-23(30)11-27(26)29/h2-12,15-16,35H,1,17H2. The molecule has 1 N–H and O–H groups in total. The molecule has 6 rings (SSSR count). The molecule has 0 saturated heterocycles.